The molecule has 1 aromatic heterocycles. The zero-order valence-electron chi connectivity index (χ0n) is 15.0. The summed E-state index contributed by atoms with van der Waals surface area (Å²) in [5.41, 5.74) is 5.79. The summed E-state index contributed by atoms with van der Waals surface area (Å²) < 4.78 is 5.79. The van der Waals surface area contributed by atoms with Crippen LogP contribution in [0.5, 0.6) is 0 Å². The quantitative estimate of drug-likeness (QED) is 0.824. The van der Waals surface area contributed by atoms with Crippen LogP contribution in [-0.4, -0.2) is 36.5 Å². The predicted octanol–water partition coefficient (Wildman–Crippen LogP) is 3.06. The van der Waals surface area contributed by atoms with Crippen LogP contribution in [-0.2, 0) is 4.79 Å². The Kier molecular flexibility index (Phi) is 9.36. The fraction of sp³-hybridized carbons (Fsp3) is 0.706. The standard InChI is InChI=1S/C17H29N3O2.2ClH/c1-12-7-8-14(22-12)13(20-9-5-6-10-20)11-19-16(21)15(18)17(2,3)4;;/h7-8,13,15H,5-6,9-11,18H2,1-4H3,(H,19,21);2*1H/t13?,15-;;/m1../s1. The van der Waals surface area contributed by atoms with Crippen LogP contribution in [0.4, 0.5) is 0 Å². The molecule has 0 bridgehead atoms. The molecule has 5 nitrogen and oxygen atoms in total. The van der Waals surface area contributed by atoms with Gasteiger partial charge >= 0.3 is 0 Å². The van der Waals surface area contributed by atoms with E-state index >= 15 is 0 Å². The molecule has 24 heavy (non-hydrogen) atoms. The number of carbonyl (C=O) groups is 1. The lowest BCUT2D eigenvalue weighted by atomic mass is 9.87. The Morgan fingerprint density at radius 2 is 1.88 bits per heavy atom. The van der Waals surface area contributed by atoms with Gasteiger partial charge < -0.3 is 15.5 Å². The molecular formula is C17H31Cl2N3O2. The maximum absolute atomic E-state index is 12.3. The van der Waals surface area contributed by atoms with E-state index in [0.717, 1.165) is 24.6 Å². The summed E-state index contributed by atoms with van der Waals surface area (Å²) in [5, 5.41) is 3.01. The average Bonchev–Trinajstić information content (AvgIpc) is 3.09. The second-order valence-corrected chi connectivity index (χ2v) is 7.30. The highest BCUT2D eigenvalue weighted by Crippen LogP contribution is 2.26. The van der Waals surface area contributed by atoms with Crippen molar-refractivity contribution < 1.29 is 9.21 Å². The molecule has 140 valence electrons. The summed E-state index contributed by atoms with van der Waals surface area (Å²) in [4.78, 5) is 14.6. The molecule has 2 rings (SSSR count). The third-order valence-corrected chi connectivity index (χ3v) is 4.36. The van der Waals surface area contributed by atoms with E-state index in [9.17, 15) is 4.79 Å². The summed E-state index contributed by atoms with van der Waals surface area (Å²) in [6, 6.07) is 3.56. The van der Waals surface area contributed by atoms with Gasteiger partial charge in [-0.15, -0.1) is 24.8 Å². The minimum absolute atomic E-state index is 0. The van der Waals surface area contributed by atoms with Crippen LogP contribution >= 0.6 is 24.8 Å². The lowest BCUT2D eigenvalue weighted by molar-refractivity contribution is -0.124. The van der Waals surface area contributed by atoms with E-state index in [1.54, 1.807) is 0 Å². The first-order chi connectivity index (χ1) is 10.3. The first-order valence-corrected chi connectivity index (χ1v) is 8.12. The van der Waals surface area contributed by atoms with E-state index in [1.165, 1.54) is 12.8 Å². The number of likely N-dealkylation sites (tertiary alicyclic amines) is 1. The Morgan fingerprint density at radius 1 is 1.29 bits per heavy atom. The van der Waals surface area contributed by atoms with Gasteiger partial charge in [-0.1, -0.05) is 20.8 Å². The Balaban J connectivity index is 0.00000264. The molecule has 0 spiro atoms. The van der Waals surface area contributed by atoms with Crippen LogP contribution < -0.4 is 11.1 Å². The van der Waals surface area contributed by atoms with Gasteiger partial charge in [0.2, 0.25) is 5.91 Å². The molecule has 0 radical (unpaired) electrons. The van der Waals surface area contributed by atoms with Gasteiger partial charge in [0, 0.05) is 6.54 Å². The zero-order valence-corrected chi connectivity index (χ0v) is 16.6. The molecule has 3 N–H and O–H groups in total. The Hall–Kier alpha value is -0.750. The number of rotatable bonds is 5. The highest BCUT2D eigenvalue weighted by molar-refractivity contribution is 5.85. The molecule has 1 aliphatic heterocycles. The number of halogens is 2. The Bertz CT molecular complexity index is 508. The molecular weight excluding hydrogens is 349 g/mol. The first-order valence-electron chi connectivity index (χ1n) is 8.12. The van der Waals surface area contributed by atoms with Gasteiger partial charge in [0.1, 0.15) is 11.5 Å². The third kappa shape index (κ3) is 5.96. The third-order valence-electron chi connectivity index (χ3n) is 4.36. The number of nitrogens with one attached hydrogen (secondary N) is 1. The van der Waals surface area contributed by atoms with Crippen LogP contribution in [0, 0.1) is 12.3 Å². The highest BCUT2D eigenvalue weighted by atomic mass is 35.5. The van der Waals surface area contributed by atoms with Gasteiger partial charge in [-0.3, -0.25) is 9.69 Å². The molecule has 1 amide bonds. The fourth-order valence-corrected chi connectivity index (χ4v) is 2.80. The number of nitrogens with two attached hydrogens (primary N) is 1. The molecule has 1 fully saturated rings. The molecule has 2 atom stereocenters. The van der Waals surface area contributed by atoms with Crippen molar-refractivity contribution in [2.45, 2.75) is 52.6 Å². The van der Waals surface area contributed by atoms with Gasteiger partial charge in [-0.05, 0) is 50.4 Å². The number of carbonyl (C=O) groups excluding carboxylic acids is 1. The van der Waals surface area contributed by atoms with Crippen molar-refractivity contribution in [1.29, 1.82) is 0 Å². The van der Waals surface area contributed by atoms with Gasteiger partial charge in [0.05, 0.1) is 12.1 Å². The van der Waals surface area contributed by atoms with Crippen molar-refractivity contribution >= 4 is 30.7 Å². The molecule has 1 aliphatic rings. The van der Waals surface area contributed by atoms with Crippen LogP contribution in [0.25, 0.3) is 0 Å². The smallest absolute Gasteiger partial charge is 0.237 e. The molecule has 0 aliphatic carbocycles. The molecule has 7 heteroatoms. The van der Waals surface area contributed by atoms with E-state index in [0.29, 0.717) is 6.54 Å². The largest absolute Gasteiger partial charge is 0.465 e. The Labute approximate surface area is 157 Å². The van der Waals surface area contributed by atoms with Crippen molar-refractivity contribution in [3.8, 4) is 0 Å². The average molecular weight is 380 g/mol. The lowest BCUT2D eigenvalue weighted by Crippen LogP contribution is -2.50. The summed E-state index contributed by atoms with van der Waals surface area (Å²) in [5.74, 6) is 1.72. The number of hydrogen-bond acceptors (Lipinski definition) is 4. The van der Waals surface area contributed by atoms with E-state index in [1.807, 2.05) is 39.8 Å². The monoisotopic (exact) mass is 379 g/mol. The van der Waals surface area contributed by atoms with Gasteiger partial charge in [0.15, 0.2) is 0 Å². The first kappa shape index (κ1) is 23.2. The van der Waals surface area contributed by atoms with Crippen LogP contribution in [0.1, 0.15) is 51.2 Å². The highest BCUT2D eigenvalue weighted by Gasteiger charge is 2.30. The topological polar surface area (TPSA) is 71.5 Å². The maximum Gasteiger partial charge on any atom is 0.237 e. The zero-order chi connectivity index (χ0) is 16.3. The second kappa shape index (κ2) is 9.66. The molecule has 1 aromatic rings. The van der Waals surface area contributed by atoms with E-state index in [2.05, 4.69) is 10.2 Å². The fourth-order valence-electron chi connectivity index (χ4n) is 2.80. The summed E-state index contributed by atoms with van der Waals surface area (Å²) in [6.45, 7) is 10.5. The lowest BCUT2D eigenvalue weighted by Gasteiger charge is -2.29. The minimum Gasteiger partial charge on any atom is -0.465 e. The van der Waals surface area contributed by atoms with E-state index < -0.39 is 6.04 Å². The molecule has 2 heterocycles. The maximum atomic E-state index is 12.3. The number of hydrogen-bond donors (Lipinski definition) is 2. The van der Waals surface area contributed by atoms with Crippen LogP contribution in [0.3, 0.4) is 0 Å². The predicted molar refractivity (Wildman–Crippen MR) is 102 cm³/mol. The van der Waals surface area contributed by atoms with Gasteiger partial charge in [-0.2, -0.15) is 0 Å². The normalized spacial score (nSPS) is 17.5. The SMILES string of the molecule is Cc1ccc(C(CNC(=O)[C@@H](N)C(C)(C)C)N2CCCC2)o1.Cl.Cl. The van der Waals surface area contributed by atoms with Crippen molar-refractivity contribution in [1.82, 2.24) is 10.2 Å². The molecule has 1 unspecified atom stereocenters. The number of nitrogens with zero attached hydrogens (tertiary/aromatic N) is 1. The van der Waals surface area contributed by atoms with Gasteiger partial charge in [0.25, 0.3) is 0 Å². The van der Waals surface area contributed by atoms with Gasteiger partial charge in [-0.25, -0.2) is 0 Å². The van der Waals surface area contributed by atoms with Crippen LogP contribution in [0.15, 0.2) is 16.5 Å². The molecule has 0 aromatic carbocycles. The molecule has 1 saturated heterocycles. The number of aryl methyl sites for hydroxylation is 1. The van der Waals surface area contributed by atoms with Crippen molar-refractivity contribution in [3.05, 3.63) is 23.7 Å². The van der Waals surface area contributed by atoms with Crippen molar-refractivity contribution in [2.75, 3.05) is 19.6 Å². The minimum atomic E-state index is -0.509. The van der Waals surface area contributed by atoms with Crippen molar-refractivity contribution in [3.63, 3.8) is 0 Å². The van der Waals surface area contributed by atoms with E-state index in [4.69, 9.17) is 10.2 Å². The summed E-state index contributed by atoms with van der Waals surface area (Å²) in [6.07, 6.45) is 2.40. The van der Waals surface area contributed by atoms with E-state index in [-0.39, 0.29) is 42.2 Å². The summed E-state index contributed by atoms with van der Waals surface area (Å²) >= 11 is 0. The second-order valence-electron chi connectivity index (χ2n) is 7.30. The Morgan fingerprint density at radius 3 is 2.33 bits per heavy atom. The molecule has 0 saturated carbocycles. The van der Waals surface area contributed by atoms with Crippen LogP contribution in [0.2, 0.25) is 0 Å². The van der Waals surface area contributed by atoms with Crippen molar-refractivity contribution in [2.24, 2.45) is 11.1 Å². The number of amides is 1. The summed E-state index contributed by atoms with van der Waals surface area (Å²) in [7, 11) is 0. The number of furan rings is 1.